The summed E-state index contributed by atoms with van der Waals surface area (Å²) in [6.07, 6.45) is 2.45. The average Bonchev–Trinajstić information content (AvgIpc) is 3.12. The van der Waals surface area contributed by atoms with Gasteiger partial charge in [-0.2, -0.15) is 12.7 Å². The second kappa shape index (κ2) is 5.74. The Morgan fingerprint density at radius 3 is 2.32 bits per heavy atom. The molecule has 1 aliphatic heterocycles. The minimum atomic E-state index is -3.59. The monoisotopic (exact) mass is 290 g/mol. The van der Waals surface area contributed by atoms with Crippen molar-refractivity contribution in [2.75, 3.05) is 46.3 Å². The average molecular weight is 290 g/mol. The molecule has 7 nitrogen and oxygen atoms in total. The van der Waals surface area contributed by atoms with E-state index < -0.39 is 10.2 Å². The third-order valence-electron chi connectivity index (χ3n) is 3.70. The Hall–Kier alpha value is -0.700. The van der Waals surface area contributed by atoms with Crippen molar-refractivity contribution < 1.29 is 13.2 Å². The van der Waals surface area contributed by atoms with Gasteiger partial charge in [-0.25, -0.2) is 5.14 Å². The van der Waals surface area contributed by atoms with E-state index in [4.69, 9.17) is 5.14 Å². The van der Waals surface area contributed by atoms with E-state index >= 15 is 0 Å². The molecular weight excluding hydrogens is 268 g/mol. The fourth-order valence-electron chi connectivity index (χ4n) is 2.24. The van der Waals surface area contributed by atoms with E-state index in [1.54, 1.807) is 4.90 Å². The van der Waals surface area contributed by atoms with Gasteiger partial charge in [-0.3, -0.25) is 9.69 Å². The molecule has 0 radical (unpaired) electrons. The van der Waals surface area contributed by atoms with Crippen LogP contribution in [0.4, 0.5) is 0 Å². The first-order valence-electron chi connectivity index (χ1n) is 6.60. The molecule has 2 fully saturated rings. The standard InChI is InChI=1S/C11H22N4O3S/c1-13(8-10-2-3-10)11(16)9-14-4-6-15(7-5-14)19(12,17)18/h10H,2-9H2,1H3,(H2,12,17,18). The Kier molecular flexibility index (Phi) is 4.44. The number of nitrogens with zero attached hydrogens (tertiary/aromatic N) is 3. The molecule has 0 unspecified atom stereocenters. The summed E-state index contributed by atoms with van der Waals surface area (Å²) in [7, 11) is -1.76. The molecule has 1 amide bonds. The minimum Gasteiger partial charge on any atom is -0.344 e. The Morgan fingerprint density at radius 2 is 1.84 bits per heavy atom. The molecule has 0 spiro atoms. The maximum Gasteiger partial charge on any atom is 0.276 e. The molecule has 2 aliphatic rings. The van der Waals surface area contributed by atoms with Gasteiger partial charge in [0.05, 0.1) is 6.54 Å². The van der Waals surface area contributed by atoms with Crippen LogP contribution in [0.25, 0.3) is 0 Å². The van der Waals surface area contributed by atoms with Crippen LogP contribution in [0.2, 0.25) is 0 Å². The molecule has 0 atom stereocenters. The molecule has 0 aromatic rings. The lowest BCUT2D eigenvalue weighted by Crippen LogP contribution is -2.52. The lowest BCUT2D eigenvalue weighted by molar-refractivity contribution is -0.131. The maximum absolute atomic E-state index is 12.0. The van der Waals surface area contributed by atoms with Crippen LogP contribution in [0.3, 0.4) is 0 Å². The van der Waals surface area contributed by atoms with Gasteiger partial charge in [-0.05, 0) is 18.8 Å². The van der Waals surface area contributed by atoms with Crippen LogP contribution in [0.5, 0.6) is 0 Å². The van der Waals surface area contributed by atoms with E-state index in [-0.39, 0.29) is 5.91 Å². The van der Waals surface area contributed by atoms with Crippen molar-refractivity contribution in [2.45, 2.75) is 12.8 Å². The third kappa shape index (κ3) is 4.41. The Morgan fingerprint density at radius 1 is 1.26 bits per heavy atom. The molecule has 1 aliphatic carbocycles. The highest BCUT2D eigenvalue weighted by atomic mass is 32.2. The van der Waals surface area contributed by atoms with Crippen LogP contribution >= 0.6 is 0 Å². The van der Waals surface area contributed by atoms with Crippen molar-refractivity contribution in [3.8, 4) is 0 Å². The molecular formula is C11H22N4O3S. The van der Waals surface area contributed by atoms with E-state index in [0.29, 0.717) is 38.6 Å². The molecule has 0 bridgehead atoms. The minimum absolute atomic E-state index is 0.107. The number of likely N-dealkylation sites (N-methyl/N-ethyl adjacent to an activating group) is 1. The smallest absolute Gasteiger partial charge is 0.276 e. The second-order valence-corrected chi connectivity index (χ2v) is 6.98. The van der Waals surface area contributed by atoms with Crippen LogP contribution in [0.1, 0.15) is 12.8 Å². The summed E-state index contributed by atoms with van der Waals surface area (Å²) in [5.74, 6) is 0.795. The zero-order valence-corrected chi connectivity index (χ0v) is 12.1. The van der Waals surface area contributed by atoms with Gasteiger partial charge in [0, 0.05) is 39.8 Å². The van der Waals surface area contributed by atoms with Gasteiger partial charge in [-0.15, -0.1) is 0 Å². The number of amides is 1. The number of piperazine rings is 1. The van der Waals surface area contributed by atoms with Gasteiger partial charge in [0.2, 0.25) is 5.91 Å². The number of carbonyl (C=O) groups excluding carboxylic acids is 1. The van der Waals surface area contributed by atoms with Gasteiger partial charge in [0.25, 0.3) is 10.2 Å². The second-order valence-electron chi connectivity index (χ2n) is 5.44. The topological polar surface area (TPSA) is 86.9 Å². The largest absolute Gasteiger partial charge is 0.344 e. The number of hydrogen-bond acceptors (Lipinski definition) is 4. The predicted molar refractivity (Wildman–Crippen MR) is 71.5 cm³/mol. The molecule has 19 heavy (non-hydrogen) atoms. The number of nitrogens with two attached hydrogens (primary N) is 1. The summed E-state index contributed by atoms with van der Waals surface area (Å²) in [5, 5.41) is 5.07. The summed E-state index contributed by atoms with van der Waals surface area (Å²) >= 11 is 0. The zero-order valence-electron chi connectivity index (χ0n) is 11.3. The van der Waals surface area contributed by atoms with Crippen molar-refractivity contribution in [1.82, 2.24) is 14.1 Å². The first kappa shape index (κ1) is 14.7. The molecule has 0 aromatic heterocycles. The maximum atomic E-state index is 12.0. The van der Waals surface area contributed by atoms with Crippen LogP contribution in [0.15, 0.2) is 0 Å². The number of hydrogen-bond donors (Lipinski definition) is 1. The lowest BCUT2D eigenvalue weighted by Gasteiger charge is -2.33. The van der Waals surface area contributed by atoms with E-state index in [9.17, 15) is 13.2 Å². The Balaban J connectivity index is 1.74. The van der Waals surface area contributed by atoms with Crippen LogP contribution < -0.4 is 5.14 Å². The molecule has 8 heteroatoms. The van der Waals surface area contributed by atoms with Gasteiger partial charge in [0.15, 0.2) is 0 Å². The van der Waals surface area contributed by atoms with Crippen LogP contribution in [-0.4, -0.2) is 74.7 Å². The van der Waals surface area contributed by atoms with Crippen molar-refractivity contribution in [3.05, 3.63) is 0 Å². The van der Waals surface area contributed by atoms with Gasteiger partial charge >= 0.3 is 0 Å². The zero-order chi connectivity index (χ0) is 14.0. The highest BCUT2D eigenvalue weighted by Crippen LogP contribution is 2.29. The van der Waals surface area contributed by atoms with E-state index in [0.717, 1.165) is 6.54 Å². The predicted octanol–water partition coefficient (Wildman–Crippen LogP) is -1.32. The molecule has 1 saturated carbocycles. The van der Waals surface area contributed by atoms with Crippen LogP contribution in [-0.2, 0) is 15.0 Å². The Bertz CT molecular complexity index is 427. The summed E-state index contributed by atoms with van der Waals surface area (Å²) in [4.78, 5) is 15.7. The van der Waals surface area contributed by atoms with Gasteiger partial charge in [-0.1, -0.05) is 0 Å². The molecule has 1 heterocycles. The van der Waals surface area contributed by atoms with E-state index in [1.807, 2.05) is 11.9 Å². The van der Waals surface area contributed by atoms with Gasteiger partial charge in [0.1, 0.15) is 0 Å². The third-order valence-corrected chi connectivity index (χ3v) is 4.79. The summed E-state index contributed by atoms with van der Waals surface area (Å²) in [5.41, 5.74) is 0. The normalized spacial score (nSPS) is 22.4. The molecule has 2 N–H and O–H groups in total. The van der Waals surface area contributed by atoms with Crippen molar-refractivity contribution in [3.63, 3.8) is 0 Å². The highest BCUT2D eigenvalue weighted by Gasteiger charge is 2.28. The molecule has 0 aromatic carbocycles. The first-order valence-corrected chi connectivity index (χ1v) is 8.11. The van der Waals surface area contributed by atoms with E-state index in [2.05, 4.69) is 0 Å². The van der Waals surface area contributed by atoms with Crippen LogP contribution in [0, 0.1) is 5.92 Å². The SMILES string of the molecule is CN(CC1CC1)C(=O)CN1CCN(S(N)(=O)=O)CC1. The molecule has 2 rings (SSSR count). The highest BCUT2D eigenvalue weighted by molar-refractivity contribution is 7.86. The fraction of sp³-hybridized carbons (Fsp3) is 0.909. The summed E-state index contributed by atoms with van der Waals surface area (Å²) in [6.45, 7) is 3.04. The lowest BCUT2D eigenvalue weighted by atomic mass is 10.3. The molecule has 110 valence electrons. The summed E-state index contributed by atoms with van der Waals surface area (Å²) in [6, 6.07) is 0. The summed E-state index contributed by atoms with van der Waals surface area (Å²) < 4.78 is 23.6. The van der Waals surface area contributed by atoms with E-state index in [1.165, 1.54) is 17.1 Å². The quantitative estimate of drug-likeness (QED) is 0.680. The first-order chi connectivity index (χ1) is 8.86. The van der Waals surface area contributed by atoms with Gasteiger partial charge < -0.3 is 4.90 Å². The van der Waals surface area contributed by atoms with Crippen molar-refractivity contribution in [1.29, 1.82) is 0 Å². The van der Waals surface area contributed by atoms with Crippen molar-refractivity contribution >= 4 is 16.1 Å². The fourth-order valence-corrected chi connectivity index (χ4v) is 2.92. The number of rotatable bonds is 5. The molecule has 1 saturated heterocycles. The Labute approximate surface area is 114 Å². The number of carbonyl (C=O) groups is 1. The van der Waals surface area contributed by atoms with Crippen molar-refractivity contribution in [2.24, 2.45) is 11.1 Å².